The molecule has 2 aromatic rings. The highest BCUT2D eigenvalue weighted by atomic mass is 16.6. The second-order valence-electron chi connectivity index (χ2n) is 8.04. The lowest BCUT2D eigenvalue weighted by Crippen LogP contribution is -2.40. The van der Waals surface area contributed by atoms with E-state index < -0.39 is 23.3 Å². The Morgan fingerprint density at radius 1 is 0.900 bits per heavy atom. The van der Waals surface area contributed by atoms with Crippen LogP contribution in [0.15, 0.2) is 54.6 Å². The van der Waals surface area contributed by atoms with Crippen LogP contribution in [0.25, 0.3) is 0 Å². The van der Waals surface area contributed by atoms with Crippen molar-refractivity contribution in [1.29, 1.82) is 0 Å². The lowest BCUT2D eigenvalue weighted by molar-refractivity contribution is -0.172. The summed E-state index contributed by atoms with van der Waals surface area (Å²) in [5.41, 5.74) is 1.12. The van der Waals surface area contributed by atoms with E-state index in [-0.39, 0.29) is 37.3 Å². The van der Waals surface area contributed by atoms with Crippen LogP contribution in [-0.2, 0) is 19.1 Å². The summed E-state index contributed by atoms with van der Waals surface area (Å²) < 4.78 is 10.7. The van der Waals surface area contributed by atoms with E-state index in [2.05, 4.69) is 0 Å². The first-order valence-electron chi connectivity index (χ1n) is 10.6. The summed E-state index contributed by atoms with van der Waals surface area (Å²) >= 11 is 0. The molecule has 156 valence electrons. The Morgan fingerprint density at radius 3 is 2.13 bits per heavy atom. The van der Waals surface area contributed by atoms with Gasteiger partial charge in [0, 0.05) is 5.56 Å². The van der Waals surface area contributed by atoms with Gasteiger partial charge in [0.15, 0.2) is 11.2 Å². The molecule has 0 amide bonds. The van der Waals surface area contributed by atoms with Crippen molar-refractivity contribution in [3.8, 4) is 0 Å². The molecule has 1 fully saturated rings. The maximum absolute atomic E-state index is 13.5. The smallest absolute Gasteiger partial charge is 0.323 e. The molecule has 0 unspecified atom stereocenters. The standard InChI is InChI=1S/C25H26O5/c1-3-29-23(27)25(24(28)30-4-2)14-19-17-12-8-9-13-18(17)22(26)21(20(19)15-25)16-10-6-5-7-11-16/h5-13,19-21H,3-4,14-15H2,1-2H3/t19-,20-,21+/m1/s1. The summed E-state index contributed by atoms with van der Waals surface area (Å²) in [7, 11) is 0. The van der Waals surface area contributed by atoms with Crippen LogP contribution < -0.4 is 0 Å². The van der Waals surface area contributed by atoms with Gasteiger partial charge in [0.05, 0.1) is 19.1 Å². The molecule has 3 atom stereocenters. The summed E-state index contributed by atoms with van der Waals surface area (Å²) in [6, 6.07) is 17.2. The van der Waals surface area contributed by atoms with Crippen molar-refractivity contribution in [2.75, 3.05) is 13.2 Å². The van der Waals surface area contributed by atoms with Crippen LogP contribution in [0.4, 0.5) is 0 Å². The van der Waals surface area contributed by atoms with Gasteiger partial charge in [-0.1, -0.05) is 54.6 Å². The van der Waals surface area contributed by atoms with Gasteiger partial charge in [0.25, 0.3) is 0 Å². The normalized spacial score (nSPS) is 23.9. The second kappa shape index (κ2) is 8.05. The highest BCUT2D eigenvalue weighted by molar-refractivity contribution is 6.05. The van der Waals surface area contributed by atoms with E-state index in [9.17, 15) is 14.4 Å². The van der Waals surface area contributed by atoms with E-state index in [0.717, 1.165) is 11.1 Å². The number of carbonyl (C=O) groups is 3. The maximum Gasteiger partial charge on any atom is 0.323 e. The third-order valence-corrected chi connectivity index (χ3v) is 6.50. The number of carbonyl (C=O) groups excluding carboxylic acids is 3. The number of ketones is 1. The van der Waals surface area contributed by atoms with Gasteiger partial charge >= 0.3 is 11.9 Å². The minimum absolute atomic E-state index is 0.0431. The molecule has 0 heterocycles. The third-order valence-electron chi connectivity index (χ3n) is 6.50. The maximum atomic E-state index is 13.5. The molecule has 30 heavy (non-hydrogen) atoms. The molecule has 0 N–H and O–H groups in total. The number of rotatable bonds is 5. The van der Waals surface area contributed by atoms with Crippen molar-refractivity contribution in [3.63, 3.8) is 0 Å². The van der Waals surface area contributed by atoms with Gasteiger partial charge in [-0.05, 0) is 49.7 Å². The largest absolute Gasteiger partial charge is 0.465 e. The Labute approximate surface area is 176 Å². The average molecular weight is 406 g/mol. The molecule has 0 aromatic heterocycles. The molecule has 2 aliphatic rings. The molecular formula is C25H26O5. The SMILES string of the molecule is CCOC(=O)C1(C(=O)OCC)C[C@@H]2[C@H](C1)c1ccccc1C(=O)[C@H]2c1ccccc1. The first-order valence-corrected chi connectivity index (χ1v) is 10.6. The lowest BCUT2D eigenvalue weighted by Gasteiger charge is -2.34. The van der Waals surface area contributed by atoms with Crippen molar-refractivity contribution < 1.29 is 23.9 Å². The molecule has 5 heteroatoms. The first-order chi connectivity index (χ1) is 14.5. The lowest BCUT2D eigenvalue weighted by atomic mass is 9.67. The van der Waals surface area contributed by atoms with E-state index in [1.165, 1.54) is 0 Å². The zero-order valence-corrected chi connectivity index (χ0v) is 17.3. The number of benzene rings is 2. The molecule has 0 aliphatic heterocycles. The van der Waals surface area contributed by atoms with Gasteiger partial charge in [-0.25, -0.2) is 0 Å². The van der Waals surface area contributed by atoms with Crippen molar-refractivity contribution in [1.82, 2.24) is 0 Å². The van der Waals surface area contributed by atoms with Gasteiger partial charge in [-0.2, -0.15) is 0 Å². The van der Waals surface area contributed by atoms with Crippen molar-refractivity contribution in [2.45, 2.75) is 38.5 Å². The van der Waals surface area contributed by atoms with Gasteiger partial charge in [0.1, 0.15) is 0 Å². The van der Waals surface area contributed by atoms with E-state index >= 15 is 0 Å². The molecule has 5 nitrogen and oxygen atoms in total. The van der Waals surface area contributed by atoms with Gasteiger partial charge in [-0.3, -0.25) is 14.4 Å². The first kappa shape index (κ1) is 20.3. The molecular weight excluding hydrogens is 380 g/mol. The third kappa shape index (κ3) is 3.13. The fourth-order valence-corrected chi connectivity index (χ4v) is 5.27. The average Bonchev–Trinajstić information content (AvgIpc) is 3.17. The Balaban J connectivity index is 1.85. The molecule has 0 bridgehead atoms. The van der Waals surface area contributed by atoms with E-state index in [1.807, 2.05) is 54.6 Å². The number of hydrogen-bond acceptors (Lipinski definition) is 5. The highest BCUT2D eigenvalue weighted by Crippen LogP contribution is 2.59. The quantitative estimate of drug-likeness (QED) is 0.548. The topological polar surface area (TPSA) is 69.7 Å². The molecule has 2 aromatic carbocycles. The fraction of sp³-hybridized carbons (Fsp3) is 0.400. The molecule has 0 radical (unpaired) electrons. The summed E-state index contributed by atoms with van der Waals surface area (Å²) in [5.74, 6) is -1.73. The van der Waals surface area contributed by atoms with Crippen LogP contribution in [0.1, 0.15) is 60.0 Å². The van der Waals surface area contributed by atoms with E-state index in [4.69, 9.17) is 9.47 Å². The van der Waals surface area contributed by atoms with Gasteiger partial charge in [0.2, 0.25) is 0 Å². The van der Waals surface area contributed by atoms with Crippen LogP contribution in [0, 0.1) is 11.3 Å². The van der Waals surface area contributed by atoms with E-state index in [0.29, 0.717) is 12.0 Å². The van der Waals surface area contributed by atoms with Crippen LogP contribution >= 0.6 is 0 Å². The highest BCUT2D eigenvalue weighted by Gasteiger charge is 2.61. The summed E-state index contributed by atoms with van der Waals surface area (Å²) in [6.45, 7) is 3.83. The van der Waals surface area contributed by atoms with Crippen LogP contribution in [0.3, 0.4) is 0 Å². The van der Waals surface area contributed by atoms with E-state index in [1.54, 1.807) is 13.8 Å². The van der Waals surface area contributed by atoms with Crippen molar-refractivity contribution >= 4 is 17.7 Å². The Hall–Kier alpha value is -2.95. The minimum atomic E-state index is -1.38. The predicted molar refractivity (Wildman–Crippen MR) is 111 cm³/mol. The Bertz CT molecular complexity index is 947. The second-order valence-corrected chi connectivity index (χ2v) is 8.04. The van der Waals surface area contributed by atoms with Crippen molar-refractivity contribution in [3.05, 3.63) is 71.3 Å². The zero-order chi connectivity index (χ0) is 21.3. The van der Waals surface area contributed by atoms with Gasteiger partial charge < -0.3 is 9.47 Å². The summed E-state index contributed by atoms with van der Waals surface area (Å²) in [5, 5.41) is 0. The minimum Gasteiger partial charge on any atom is -0.465 e. The van der Waals surface area contributed by atoms with Crippen molar-refractivity contribution in [2.24, 2.45) is 11.3 Å². The molecule has 1 saturated carbocycles. The van der Waals surface area contributed by atoms with Crippen LogP contribution in [-0.4, -0.2) is 30.9 Å². The Kier molecular flexibility index (Phi) is 5.46. The molecule has 0 saturated heterocycles. The number of fused-ring (bicyclic) bond motifs is 3. The Morgan fingerprint density at radius 2 is 1.50 bits per heavy atom. The molecule has 0 spiro atoms. The number of ether oxygens (including phenoxy) is 2. The van der Waals surface area contributed by atoms with Crippen LogP contribution in [0.5, 0.6) is 0 Å². The van der Waals surface area contributed by atoms with Crippen LogP contribution in [0.2, 0.25) is 0 Å². The molecule has 2 aliphatic carbocycles. The summed E-state index contributed by atoms with van der Waals surface area (Å²) in [4.78, 5) is 39.6. The number of Topliss-reactive ketones (excluding diaryl/α,β-unsaturated/α-hetero) is 1. The number of esters is 2. The van der Waals surface area contributed by atoms with Gasteiger partial charge in [-0.15, -0.1) is 0 Å². The predicted octanol–water partition coefficient (Wildman–Crippen LogP) is 4.27. The molecule has 4 rings (SSSR count). The fourth-order valence-electron chi connectivity index (χ4n) is 5.27. The number of hydrogen-bond donors (Lipinski definition) is 0. The zero-order valence-electron chi connectivity index (χ0n) is 17.3. The summed E-state index contributed by atoms with van der Waals surface area (Å²) in [6.07, 6.45) is 0.540. The monoisotopic (exact) mass is 406 g/mol.